The third-order valence-corrected chi connectivity index (χ3v) is 8.11. The van der Waals surface area contributed by atoms with Crippen LogP contribution in [0.2, 0.25) is 0 Å². The van der Waals surface area contributed by atoms with Gasteiger partial charge in [-0.25, -0.2) is 12.4 Å². The average Bonchev–Trinajstić information content (AvgIpc) is 3.03. The molecule has 6 heteroatoms. The van der Waals surface area contributed by atoms with Crippen molar-refractivity contribution < 1.29 is 17.9 Å². The Morgan fingerprint density at radius 2 is 1.77 bits per heavy atom. The van der Waals surface area contributed by atoms with E-state index in [2.05, 4.69) is 0 Å². The predicted molar refractivity (Wildman–Crippen MR) is 115 cm³/mol. The second kappa shape index (κ2) is 6.40. The number of fused-ring (bicyclic) bond motifs is 5. The third kappa shape index (κ3) is 2.71. The van der Waals surface area contributed by atoms with Gasteiger partial charge in [0.05, 0.1) is 28.3 Å². The minimum absolute atomic E-state index is 0.0314. The highest BCUT2D eigenvalue weighted by atomic mass is 32.2. The number of rotatable bonds is 2. The summed E-state index contributed by atoms with van der Waals surface area (Å²) in [6.45, 7) is 6.05. The maximum atomic E-state index is 13.7. The van der Waals surface area contributed by atoms with Gasteiger partial charge in [0.25, 0.3) is 10.0 Å². The van der Waals surface area contributed by atoms with E-state index >= 15 is 0 Å². The van der Waals surface area contributed by atoms with Crippen LogP contribution in [-0.2, 0) is 26.2 Å². The van der Waals surface area contributed by atoms with Crippen molar-refractivity contribution in [1.82, 2.24) is 3.97 Å². The molecular weight excluding hydrogens is 398 g/mol. The Balaban J connectivity index is 1.83. The molecule has 154 valence electrons. The van der Waals surface area contributed by atoms with Crippen molar-refractivity contribution in [1.29, 1.82) is 0 Å². The summed E-state index contributed by atoms with van der Waals surface area (Å²) in [6, 6.07) is 12.7. The van der Waals surface area contributed by atoms with E-state index in [1.54, 1.807) is 30.3 Å². The lowest BCUT2D eigenvalue weighted by atomic mass is 9.74. The van der Waals surface area contributed by atoms with Crippen molar-refractivity contribution in [2.75, 3.05) is 0 Å². The molecule has 2 heterocycles. The first-order chi connectivity index (χ1) is 14.2. The second-order valence-corrected chi connectivity index (χ2v) is 10.3. The summed E-state index contributed by atoms with van der Waals surface area (Å²) < 4.78 is 35.0. The number of carbonyl (C=O) groups is 1. The van der Waals surface area contributed by atoms with E-state index in [4.69, 9.17) is 4.74 Å². The summed E-state index contributed by atoms with van der Waals surface area (Å²) in [5.74, 6) is -0.193. The SMILES string of the molecule is Cc1ccc(S(=O)(=O)n2c3c(c4cc(C)ccc42)[C@H]2CC(=O)C=C[C@@]2(C)OC3)cc1. The van der Waals surface area contributed by atoms with E-state index in [0.717, 1.165) is 22.1 Å². The molecule has 5 nitrogen and oxygen atoms in total. The molecule has 0 saturated carbocycles. The van der Waals surface area contributed by atoms with Gasteiger partial charge in [0, 0.05) is 17.7 Å². The molecule has 5 rings (SSSR count). The van der Waals surface area contributed by atoms with Crippen LogP contribution in [0.5, 0.6) is 0 Å². The highest BCUT2D eigenvalue weighted by molar-refractivity contribution is 7.90. The van der Waals surface area contributed by atoms with E-state index in [0.29, 0.717) is 17.6 Å². The van der Waals surface area contributed by atoms with Crippen LogP contribution in [0.1, 0.15) is 41.6 Å². The fourth-order valence-electron chi connectivity index (χ4n) is 4.68. The van der Waals surface area contributed by atoms with E-state index in [1.807, 2.05) is 45.0 Å². The van der Waals surface area contributed by atoms with E-state index < -0.39 is 15.6 Å². The number of ether oxygens (including phenoxy) is 1. The zero-order chi connectivity index (χ0) is 21.3. The Bertz CT molecular complexity index is 1330. The molecular formula is C24H23NO4S. The fraction of sp³-hybridized carbons (Fsp3) is 0.292. The second-order valence-electron chi connectivity index (χ2n) is 8.49. The van der Waals surface area contributed by atoms with Gasteiger partial charge in [0.1, 0.15) is 0 Å². The Kier molecular flexibility index (Phi) is 4.11. The summed E-state index contributed by atoms with van der Waals surface area (Å²) in [6.07, 6.45) is 3.70. The molecule has 2 atom stereocenters. The van der Waals surface area contributed by atoms with Crippen LogP contribution in [0.3, 0.4) is 0 Å². The Hall–Kier alpha value is -2.70. The topological polar surface area (TPSA) is 65.4 Å². The zero-order valence-electron chi connectivity index (χ0n) is 17.2. The Morgan fingerprint density at radius 3 is 2.50 bits per heavy atom. The number of nitrogens with zero attached hydrogens (tertiary/aromatic N) is 1. The van der Waals surface area contributed by atoms with Gasteiger partial charge in [0.2, 0.25) is 0 Å². The number of carbonyl (C=O) groups excluding carboxylic acids is 1. The quantitative estimate of drug-likeness (QED) is 0.615. The number of aromatic nitrogens is 1. The molecule has 0 N–H and O–H groups in total. The number of ketones is 1. The number of allylic oxidation sites excluding steroid dienone is 1. The molecule has 1 aliphatic carbocycles. The Morgan fingerprint density at radius 1 is 1.07 bits per heavy atom. The summed E-state index contributed by atoms with van der Waals surface area (Å²) >= 11 is 0. The highest BCUT2D eigenvalue weighted by Gasteiger charge is 2.45. The molecule has 0 amide bonds. The van der Waals surface area contributed by atoms with Gasteiger partial charge in [-0.1, -0.05) is 29.3 Å². The van der Waals surface area contributed by atoms with E-state index in [-0.39, 0.29) is 23.2 Å². The number of hydrogen-bond donors (Lipinski definition) is 0. The molecule has 1 aromatic heterocycles. The molecule has 3 aromatic rings. The molecule has 2 aromatic carbocycles. The molecule has 2 aliphatic rings. The first-order valence-electron chi connectivity index (χ1n) is 10.0. The molecule has 0 bridgehead atoms. The summed E-state index contributed by atoms with van der Waals surface area (Å²) in [5, 5.41) is 0.878. The summed E-state index contributed by atoms with van der Waals surface area (Å²) in [7, 11) is -3.83. The number of aryl methyl sites for hydroxylation is 2. The molecule has 1 aliphatic heterocycles. The summed E-state index contributed by atoms with van der Waals surface area (Å²) in [4.78, 5) is 12.5. The minimum atomic E-state index is -3.83. The van der Waals surface area contributed by atoms with Crippen LogP contribution in [0.25, 0.3) is 10.9 Å². The third-order valence-electron chi connectivity index (χ3n) is 6.34. The van der Waals surface area contributed by atoms with Crippen molar-refractivity contribution in [2.24, 2.45) is 0 Å². The Labute approximate surface area is 176 Å². The van der Waals surface area contributed by atoms with Crippen molar-refractivity contribution in [3.8, 4) is 0 Å². The predicted octanol–water partition coefficient (Wildman–Crippen LogP) is 4.40. The van der Waals surface area contributed by atoms with Crippen molar-refractivity contribution >= 4 is 26.7 Å². The summed E-state index contributed by atoms with van der Waals surface area (Å²) in [5.41, 5.74) is 3.56. The van der Waals surface area contributed by atoms with E-state index in [9.17, 15) is 13.2 Å². The normalized spacial score (nSPS) is 23.4. The van der Waals surface area contributed by atoms with Gasteiger partial charge in [-0.15, -0.1) is 0 Å². The monoisotopic (exact) mass is 421 g/mol. The molecule has 0 spiro atoms. The van der Waals surface area contributed by atoms with E-state index in [1.165, 1.54) is 3.97 Å². The molecule has 0 unspecified atom stereocenters. The van der Waals surface area contributed by atoms with Crippen molar-refractivity contribution in [3.63, 3.8) is 0 Å². The van der Waals surface area contributed by atoms with Gasteiger partial charge in [-0.05, 0) is 62.8 Å². The lowest BCUT2D eigenvalue weighted by molar-refractivity contribution is -0.119. The standard InChI is InChI=1S/C24H23NO4S/c1-15-4-7-18(8-5-15)30(27,28)25-21-9-6-16(2)12-19(21)23-20-13-17(26)10-11-24(20,3)29-14-22(23)25/h4-12,20H,13-14H2,1-3H3/t20-,24-/m1/s1. The van der Waals surface area contributed by atoms with Gasteiger partial charge < -0.3 is 4.74 Å². The highest BCUT2D eigenvalue weighted by Crippen LogP contribution is 2.49. The molecule has 0 fully saturated rings. The zero-order valence-corrected chi connectivity index (χ0v) is 18.0. The largest absolute Gasteiger partial charge is 0.364 e. The molecule has 30 heavy (non-hydrogen) atoms. The number of hydrogen-bond acceptors (Lipinski definition) is 4. The van der Waals surface area contributed by atoms with Crippen LogP contribution in [-0.4, -0.2) is 23.8 Å². The van der Waals surface area contributed by atoms with Gasteiger partial charge in [-0.3, -0.25) is 4.79 Å². The van der Waals surface area contributed by atoms with Crippen LogP contribution in [0, 0.1) is 13.8 Å². The van der Waals surface area contributed by atoms with Crippen LogP contribution >= 0.6 is 0 Å². The first-order valence-corrected chi connectivity index (χ1v) is 11.5. The fourth-order valence-corrected chi connectivity index (χ4v) is 6.23. The van der Waals surface area contributed by atoms with Crippen LogP contribution in [0.4, 0.5) is 0 Å². The average molecular weight is 422 g/mol. The number of benzene rings is 2. The lowest BCUT2D eigenvalue weighted by Gasteiger charge is -2.41. The van der Waals surface area contributed by atoms with Crippen LogP contribution in [0.15, 0.2) is 59.5 Å². The maximum absolute atomic E-state index is 13.7. The van der Waals surface area contributed by atoms with Gasteiger partial charge in [-0.2, -0.15) is 0 Å². The first kappa shape index (κ1) is 19.3. The molecule has 0 saturated heterocycles. The molecule has 0 radical (unpaired) electrons. The lowest BCUT2D eigenvalue weighted by Crippen LogP contribution is -2.42. The van der Waals surface area contributed by atoms with Crippen LogP contribution < -0.4 is 0 Å². The van der Waals surface area contributed by atoms with Crippen molar-refractivity contribution in [3.05, 3.63) is 77.0 Å². The maximum Gasteiger partial charge on any atom is 0.268 e. The van der Waals surface area contributed by atoms with Gasteiger partial charge >= 0.3 is 0 Å². The van der Waals surface area contributed by atoms with Crippen molar-refractivity contribution in [2.45, 2.75) is 50.2 Å². The van der Waals surface area contributed by atoms with Gasteiger partial charge in [0.15, 0.2) is 5.78 Å². The minimum Gasteiger partial charge on any atom is -0.364 e. The smallest absolute Gasteiger partial charge is 0.268 e.